The first-order valence-electron chi connectivity index (χ1n) is 4.77. The smallest absolute Gasteiger partial charge is 0.266 e. The Kier molecular flexibility index (Phi) is 4.56. The highest BCUT2D eigenvalue weighted by atomic mass is 35.5. The molecule has 0 saturated carbocycles. The molecular weight excluding hydrogens is 224 g/mol. The summed E-state index contributed by atoms with van der Waals surface area (Å²) in [6.45, 7) is 3.89. The number of hydrogen-bond donors (Lipinski definition) is 0. The molecule has 1 aromatic rings. The molecule has 16 heavy (non-hydrogen) atoms. The van der Waals surface area contributed by atoms with Crippen molar-refractivity contribution in [3.05, 3.63) is 47.5 Å². The highest BCUT2D eigenvalue weighted by molar-refractivity contribution is 6.30. The monoisotopic (exact) mass is 234 g/mol. The lowest BCUT2D eigenvalue weighted by atomic mass is 10.2. The molecule has 0 aromatic heterocycles. The third-order valence-corrected chi connectivity index (χ3v) is 2.27. The molecule has 0 aliphatic carbocycles. The van der Waals surface area contributed by atoms with Gasteiger partial charge in [-0.25, -0.2) is 4.90 Å². The van der Waals surface area contributed by atoms with Gasteiger partial charge >= 0.3 is 0 Å². The van der Waals surface area contributed by atoms with Crippen molar-refractivity contribution in [2.24, 2.45) is 0 Å². The Morgan fingerprint density at radius 3 is 2.62 bits per heavy atom. The molecule has 0 bridgehead atoms. The van der Waals surface area contributed by atoms with Gasteiger partial charge in [0.05, 0.1) is 0 Å². The third kappa shape index (κ3) is 3.11. The van der Waals surface area contributed by atoms with Crippen molar-refractivity contribution in [1.29, 1.82) is 5.26 Å². The van der Waals surface area contributed by atoms with Crippen molar-refractivity contribution in [2.45, 2.75) is 6.42 Å². The van der Waals surface area contributed by atoms with Crippen LogP contribution >= 0.6 is 11.6 Å². The number of hydrogen-bond acceptors (Lipinski definition) is 2. The molecule has 0 unspecified atom stereocenters. The van der Waals surface area contributed by atoms with E-state index >= 15 is 0 Å². The van der Waals surface area contributed by atoms with Crippen LogP contribution in [-0.4, -0.2) is 17.4 Å². The minimum atomic E-state index is -0.319. The Morgan fingerprint density at radius 2 is 2.12 bits per heavy atom. The maximum atomic E-state index is 11.8. The van der Waals surface area contributed by atoms with Gasteiger partial charge in [0.15, 0.2) is 6.19 Å². The van der Waals surface area contributed by atoms with Crippen molar-refractivity contribution in [3.8, 4) is 6.19 Å². The van der Waals surface area contributed by atoms with E-state index in [1.54, 1.807) is 30.3 Å². The Labute approximate surface area is 99.5 Å². The standard InChI is InChI=1S/C12H11ClN2O/c1-2-3-8-15(9-14)12(16)10-4-6-11(13)7-5-10/h2,4-7H,1,3,8H2. The lowest BCUT2D eigenvalue weighted by molar-refractivity contribution is 0.0834. The minimum Gasteiger partial charge on any atom is -0.268 e. The molecule has 0 fully saturated rings. The lowest BCUT2D eigenvalue weighted by Gasteiger charge is -2.12. The highest BCUT2D eigenvalue weighted by Gasteiger charge is 2.13. The predicted molar refractivity (Wildman–Crippen MR) is 62.9 cm³/mol. The molecule has 0 aliphatic heterocycles. The number of rotatable bonds is 4. The van der Waals surface area contributed by atoms with Gasteiger partial charge in [0.25, 0.3) is 5.91 Å². The summed E-state index contributed by atoms with van der Waals surface area (Å²) in [6, 6.07) is 6.45. The van der Waals surface area contributed by atoms with Gasteiger partial charge in [-0.2, -0.15) is 5.26 Å². The Hall–Kier alpha value is -1.79. The van der Waals surface area contributed by atoms with Crippen LogP contribution in [0.1, 0.15) is 16.8 Å². The van der Waals surface area contributed by atoms with Crippen molar-refractivity contribution >= 4 is 17.5 Å². The molecule has 3 nitrogen and oxygen atoms in total. The summed E-state index contributed by atoms with van der Waals surface area (Å²) in [5.41, 5.74) is 0.454. The van der Waals surface area contributed by atoms with E-state index in [1.807, 2.05) is 6.19 Å². The van der Waals surface area contributed by atoms with Gasteiger partial charge in [-0.15, -0.1) is 6.58 Å². The second-order valence-electron chi connectivity index (χ2n) is 3.14. The lowest BCUT2D eigenvalue weighted by Crippen LogP contribution is -2.26. The van der Waals surface area contributed by atoms with Crippen molar-refractivity contribution in [2.75, 3.05) is 6.54 Å². The van der Waals surface area contributed by atoms with Crippen LogP contribution in [0.5, 0.6) is 0 Å². The molecule has 1 rings (SSSR count). The van der Waals surface area contributed by atoms with Crippen molar-refractivity contribution in [1.82, 2.24) is 4.90 Å². The molecule has 0 aliphatic rings. The van der Waals surface area contributed by atoms with Crippen LogP contribution in [0.2, 0.25) is 5.02 Å². The molecule has 0 spiro atoms. The van der Waals surface area contributed by atoms with Gasteiger partial charge in [-0.1, -0.05) is 17.7 Å². The first-order chi connectivity index (χ1) is 7.69. The normalized spacial score (nSPS) is 9.25. The van der Waals surface area contributed by atoms with E-state index in [4.69, 9.17) is 16.9 Å². The summed E-state index contributed by atoms with van der Waals surface area (Å²) in [7, 11) is 0. The highest BCUT2D eigenvalue weighted by Crippen LogP contribution is 2.11. The zero-order valence-corrected chi connectivity index (χ0v) is 9.44. The van der Waals surface area contributed by atoms with Gasteiger partial charge in [0.2, 0.25) is 0 Å². The van der Waals surface area contributed by atoms with E-state index < -0.39 is 0 Å². The summed E-state index contributed by atoms with van der Waals surface area (Å²) in [4.78, 5) is 12.9. The number of carbonyl (C=O) groups is 1. The van der Waals surface area contributed by atoms with Crippen LogP contribution in [-0.2, 0) is 0 Å². The van der Waals surface area contributed by atoms with Crippen molar-refractivity contribution < 1.29 is 4.79 Å². The van der Waals surface area contributed by atoms with E-state index in [0.717, 1.165) is 4.90 Å². The van der Waals surface area contributed by atoms with E-state index in [2.05, 4.69) is 6.58 Å². The Morgan fingerprint density at radius 1 is 1.50 bits per heavy atom. The maximum Gasteiger partial charge on any atom is 0.266 e. The quantitative estimate of drug-likeness (QED) is 0.457. The van der Waals surface area contributed by atoms with Crippen LogP contribution < -0.4 is 0 Å². The fourth-order valence-electron chi connectivity index (χ4n) is 1.17. The topological polar surface area (TPSA) is 44.1 Å². The van der Waals surface area contributed by atoms with Crippen LogP contribution in [0.25, 0.3) is 0 Å². The number of carbonyl (C=O) groups excluding carboxylic acids is 1. The second kappa shape index (κ2) is 5.94. The van der Waals surface area contributed by atoms with Crippen LogP contribution in [0, 0.1) is 11.5 Å². The summed E-state index contributed by atoms with van der Waals surface area (Å²) in [5, 5.41) is 9.39. The first-order valence-corrected chi connectivity index (χ1v) is 5.15. The average Bonchev–Trinajstić information content (AvgIpc) is 2.30. The molecule has 0 N–H and O–H groups in total. The SMILES string of the molecule is C=CCCN(C#N)C(=O)c1ccc(Cl)cc1. The molecule has 82 valence electrons. The fraction of sp³-hybridized carbons (Fsp3) is 0.167. The first kappa shape index (κ1) is 12.3. The molecule has 0 saturated heterocycles. The third-order valence-electron chi connectivity index (χ3n) is 2.01. The Balaban J connectivity index is 2.79. The molecule has 0 atom stereocenters. The van der Waals surface area contributed by atoms with Gasteiger partial charge in [0, 0.05) is 17.1 Å². The van der Waals surface area contributed by atoms with Gasteiger partial charge in [0.1, 0.15) is 0 Å². The number of amides is 1. The zero-order valence-electron chi connectivity index (χ0n) is 8.69. The van der Waals surface area contributed by atoms with Gasteiger partial charge in [-0.05, 0) is 30.7 Å². The van der Waals surface area contributed by atoms with Gasteiger partial charge < -0.3 is 0 Å². The zero-order chi connectivity index (χ0) is 12.0. The minimum absolute atomic E-state index is 0.319. The second-order valence-corrected chi connectivity index (χ2v) is 3.58. The number of benzene rings is 1. The average molecular weight is 235 g/mol. The van der Waals surface area contributed by atoms with E-state index in [0.29, 0.717) is 23.6 Å². The van der Waals surface area contributed by atoms with E-state index in [1.165, 1.54) is 0 Å². The molecule has 4 heteroatoms. The predicted octanol–water partition coefficient (Wildman–Crippen LogP) is 2.84. The molecule has 0 radical (unpaired) electrons. The summed E-state index contributed by atoms with van der Waals surface area (Å²) in [6.07, 6.45) is 4.11. The van der Waals surface area contributed by atoms with Crippen LogP contribution in [0.4, 0.5) is 0 Å². The summed E-state index contributed by atoms with van der Waals surface area (Å²) < 4.78 is 0. The van der Waals surface area contributed by atoms with E-state index in [-0.39, 0.29) is 5.91 Å². The Bertz CT molecular complexity index is 420. The number of halogens is 1. The van der Waals surface area contributed by atoms with Crippen molar-refractivity contribution in [3.63, 3.8) is 0 Å². The molecule has 1 amide bonds. The summed E-state index contributed by atoms with van der Waals surface area (Å²) in [5.74, 6) is -0.319. The van der Waals surface area contributed by atoms with Crippen LogP contribution in [0.15, 0.2) is 36.9 Å². The van der Waals surface area contributed by atoms with Crippen LogP contribution in [0.3, 0.4) is 0 Å². The fourth-order valence-corrected chi connectivity index (χ4v) is 1.29. The molecular formula is C12H11ClN2O. The largest absolute Gasteiger partial charge is 0.268 e. The maximum absolute atomic E-state index is 11.8. The molecule has 1 aromatic carbocycles. The number of nitriles is 1. The van der Waals surface area contributed by atoms with E-state index in [9.17, 15) is 4.79 Å². The number of nitrogens with zero attached hydrogens (tertiary/aromatic N) is 2. The molecule has 0 heterocycles. The summed E-state index contributed by atoms with van der Waals surface area (Å²) >= 11 is 5.71. The van der Waals surface area contributed by atoms with Gasteiger partial charge in [-0.3, -0.25) is 4.79 Å².